The number of ether oxygens (including phenoxy) is 2. The van der Waals surface area contributed by atoms with Gasteiger partial charge in [0, 0.05) is 13.0 Å². The van der Waals surface area contributed by atoms with Crippen molar-refractivity contribution >= 4 is 5.97 Å². The molecule has 1 aromatic heterocycles. The lowest BCUT2D eigenvalue weighted by atomic mass is 9.54. The van der Waals surface area contributed by atoms with E-state index in [-0.39, 0.29) is 24.2 Å². The van der Waals surface area contributed by atoms with E-state index < -0.39 is 22.7 Å². The molecule has 2 bridgehead atoms. The van der Waals surface area contributed by atoms with Crippen LogP contribution in [0.5, 0.6) is 0 Å². The van der Waals surface area contributed by atoms with Gasteiger partial charge in [0.2, 0.25) is 0 Å². The van der Waals surface area contributed by atoms with Crippen LogP contribution in [0.2, 0.25) is 0 Å². The molecule has 1 spiro atoms. The zero-order chi connectivity index (χ0) is 21.5. The number of carbonyl (C=O) groups is 1. The van der Waals surface area contributed by atoms with Crippen LogP contribution in [-0.4, -0.2) is 39.7 Å². The molecule has 8 heteroatoms. The fraction of sp³-hybridized carbons (Fsp3) is 0.522. The van der Waals surface area contributed by atoms with Crippen LogP contribution >= 0.6 is 0 Å². The summed E-state index contributed by atoms with van der Waals surface area (Å²) in [5.74, 6) is -1.04. The Kier molecular flexibility index (Phi) is 3.71. The number of benzene rings is 1. The third-order valence-electron chi connectivity index (χ3n) is 7.98. The minimum absolute atomic E-state index is 0.133. The van der Waals surface area contributed by atoms with Gasteiger partial charge >= 0.3 is 17.3 Å². The van der Waals surface area contributed by atoms with Gasteiger partial charge < -0.3 is 9.47 Å². The number of aromatic nitrogens is 3. The predicted octanol–water partition coefficient (Wildman–Crippen LogP) is 1.12. The van der Waals surface area contributed by atoms with Crippen LogP contribution in [0.1, 0.15) is 31.7 Å². The molecule has 2 aromatic rings. The Morgan fingerprint density at radius 3 is 2.58 bits per heavy atom. The van der Waals surface area contributed by atoms with Crippen molar-refractivity contribution in [3.05, 3.63) is 68.0 Å². The predicted molar refractivity (Wildman–Crippen MR) is 111 cm³/mol. The number of hydrogen-bond donors (Lipinski definition) is 0. The summed E-state index contributed by atoms with van der Waals surface area (Å²) in [4.78, 5) is 40.7. The molecule has 0 unspecified atom stereocenters. The highest BCUT2D eigenvalue weighted by Gasteiger charge is 2.72. The summed E-state index contributed by atoms with van der Waals surface area (Å²) in [6, 6.07) is 9.60. The third kappa shape index (κ3) is 1.89. The number of rotatable bonds is 3. The van der Waals surface area contributed by atoms with Crippen molar-refractivity contribution in [1.82, 2.24) is 13.9 Å². The van der Waals surface area contributed by atoms with Gasteiger partial charge in [-0.2, -0.15) is 0 Å². The Hall–Kier alpha value is -2.87. The lowest BCUT2D eigenvalue weighted by Gasteiger charge is -2.59. The average Bonchev–Trinajstić information content (AvgIpc) is 3.49. The first-order valence-corrected chi connectivity index (χ1v) is 11.0. The van der Waals surface area contributed by atoms with Crippen LogP contribution in [-0.2, 0) is 32.4 Å². The van der Waals surface area contributed by atoms with E-state index in [1.54, 1.807) is 16.3 Å². The molecule has 2 aliphatic carbocycles. The summed E-state index contributed by atoms with van der Waals surface area (Å²) in [5, 5.41) is 0. The maximum atomic E-state index is 13.6. The smallest absolute Gasteiger partial charge is 0.348 e. The van der Waals surface area contributed by atoms with Gasteiger partial charge in [0.1, 0.15) is 5.54 Å². The maximum absolute atomic E-state index is 13.6. The molecule has 4 atom stereocenters. The summed E-state index contributed by atoms with van der Waals surface area (Å²) < 4.78 is 16.0. The molecule has 5 aliphatic rings. The Labute approximate surface area is 178 Å². The van der Waals surface area contributed by atoms with Crippen molar-refractivity contribution in [2.75, 3.05) is 19.8 Å². The van der Waals surface area contributed by atoms with Crippen molar-refractivity contribution in [1.29, 1.82) is 0 Å². The van der Waals surface area contributed by atoms with E-state index in [2.05, 4.69) is 0 Å². The van der Waals surface area contributed by atoms with Crippen LogP contribution in [0.15, 0.2) is 51.1 Å². The molecule has 0 saturated heterocycles. The van der Waals surface area contributed by atoms with E-state index in [4.69, 9.17) is 9.47 Å². The average molecular weight is 423 g/mol. The van der Waals surface area contributed by atoms with Crippen molar-refractivity contribution in [2.24, 2.45) is 18.9 Å². The van der Waals surface area contributed by atoms with E-state index in [0.717, 1.165) is 29.6 Å². The second-order valence-corrected chi connectivity index (χ2v) is 8.98. The van der Waals surface area contributed by atoms with Crippen LogP contribution in [0.3, 0.4) is 0 Å². The van der Waals surface area contributed by atoms with Gasteiger partial charge in [-0.3, -0.25) is 4.79 Å². The molecule has 8 nitrogen and oxygen atoms in total. The van der Waals surface area contributed by atoms with Crippen LogP contribution < -0.4 is 11.4 Å². The number of esters is 1. The quantitative estimate of drug-likeness (QED) is 0.546. The minimum atomic E-state index is -1.13. The first-order chi connectivity index (χ1) is 15.0. The van der Waals surface area contributed by atoms with Gasteiger partial charge in [0.25, 0.3) is 0 Å². The normalized spacial score (nSPS) is 32.7. The highest BCUT2D eigenvalue weighted by Crippen LogP contribution is 2.66. The van der Waals surface area contributed by atoms with E-state index in [0.29, 0.717) is 19.6 Å². The van der Waals surface area contributed by atoms with E-state index in [1.807, 2.05) is 30.3 Å². The van der Waals surface area contributed by atoms with Gasteiger partial charge in [-0.15, -0.1) is 0 Å². The largest absolute Gasteiger partial charge is 0.466 e. The molecular weight excluding hydrogens is 398 g/mol. The Bertz CT molecular complexity index is 1250. The highest BCUT2D eigenvalue weighted by molar-refractivity contribution is 5.79. The van der Waals surface area contributed by atoms with Crippen molar-refractivity contribution in [2.45, 2.75) is 37.3 Å². The summed E-state index contributed by atoms with van der Waals surface area (Å²) >= 11 is 0. The maximum Gasteiger partial charge on any atom is 0.348 e. The van der Waals surface area contributed by atoms with Crippen molar-refractivity contribution in [3.63, 3.8) is 0 Å². The highest BCUT2D eigenvalue weighted by atomic mass is 16.5. The van der Waals surface area contributed by atoms with Gasteiger partial charge in [-0.25, -0.2) is 23.5 Å². The lowest BCUT2D eigenvalue weighted by molar-refractivity contribution is -0.160. The Balaban J connectivity index is 1.83. The van der Waals surface area contributed by atoms with Crippen molar-refractivity contribution < 1.29 is 14.3 Å². The lowest BCUT2D eigenvalue weighted by Crippen LogP contribution is -2.71. The van der Waals surface area contributed by atoms with E-state index >= 15 is 0 Å². The van der Waals surface area contributed by atoms with Gasteiger partial charge in [0.15, 0.2) is 0 Å². The summed E-state index contributed by atoms with van der Waals surface area (Å²) in [6.45, 7) is 2.82. The SMILES string of the molecule is CCOC(=O)[C@H]1[C@@H]2CCC[C@@]23C2=C(COC2)[C@@]1(c1ccccc1)n1c(=O)n(C)c(=O)n13. The summed E-state index contributed by atoms with van der Waals surface area (Å²) in [5.41, 5.74) is 0.247. The van der Waals surface area contributed by atoms with Crippen LogP contribution in [0, 0.1) is 11.8 Å². The molecule has 162 valence electrons. The number of nitrogens with zero attached hydrogens (tertiary/aromatic N) is 3. The molecule has 1 saturated carbocycles. The van der Waals surface area contributed by atoms with Crippen LogP contribution in [0.4, 0.5) is 0 Å². The molecule has 4 heterocycles. The van der Waals surface area contributed by atoms with Crippen LogP contribution in [0.25, 0.3) is 0 Å². The van der Waals surface area contributed by atoms with E-state index in [1.165, 1.54) is 11.6 Å². The first kappa shape index (κ1) is 18.9. The standard InChI is InChI=1S/C23H25N3O5/c1-3-31-19(27)18-15-10-7-11-22(15)16-12-30-13-17(16)23(18,14-8-5-4-6-9-14)26-21(29)24(2)20(28)25(22)26/h4-6,8-9,15,18H,3,7,10-13H2,1-2H3/t15-,18+,22-,23+/m0/s1. The van der Waals surface area contributed by atoms with Gasteiger partial charge in [-0.1, -0.05) is 36.8 Å². The van der Waals surface area contributed by atoms with Crippen molar-refractivity contribution in [3.8, 4) is 0 Å². The zero-order valence-electron chi connectivity index (χ0n) is 17.7. The Morgan fingerprint density at radius 1 is 1.13 bits per heavy atom. The molecule has 0 amide bonds. The molecule has 0 N–H and O–H groups in total. The number of carbonyl (C=O) groups excluding carboxylic acids is 1. The topological polar surface area (TPSA) is 84.5 Å². The fourth-order valence-electron chi connectivity index (χ4n) is 7.05. The Morgan fingerprint density at radius 2 is 1.84 bits per heavy atom. The third-order valence-corrected chi connectivity index (χ3v) is 7.98. The molecule has 1 aromatic carbocycles. The van der Waals surface area contributed by atoms with Gasteiger partial charge in [-0.05, 0) is 36.5 Å². The molecule has 0 radical (unpaired) electrons. The molecule has 7 rings (SSSR count). The molecule has 3 aliphatic heterocycles. The second kappa shape index (κ2) is 6.09. The molecular formula is C23H25N3O5. The zero-order valence-corrected chi connectivity index (χ0v) is 17.7. The second-order valence-electron chi connectivity index (χ2n) is 8.98. The minimum Gasteiger partial charge on any atom is -0.466 e. The summed E-state index contributed by atoms with van der Waals surface area (Å²) in [7, 11) is 1.52. The molecule has 31 heavy (non-hydrogen) atoms. The fourth-order valence-corrected chi connectivity index (χ4v) is 7.05. The number of hydrogen-bond acceptors (Lipinski definition) is 5. The first-order valence-electron chi connectivity index (χ1n) is 11.0. The van der Waals surface area contributed by atoms with E-state index in [9.17, 15) is 14.4 Å². The molecule has 1 fully saturated rings. The monoisotopic (exact) mass is 423 g/mol. The summed E-state index contributed by atoms with van der Waals surface area (Å²) in [6.07, 6.45) is 2.38. The van der Waals surface area contributed by atoms with Gasteiger partial charge in [0.05, 0.1) is 31.3 Å².